The first kappa shape index (κ1) is 14.3. The van der Waals surface area contributed by atoms with E-state index in [4.69, 9.17) is 4.74 Å². The molecule has 2 aliphatic rings. The van der Waals surface area contributed by atoms with E-state index in [9.17, 15) is 5.11 Å². The fourth-order valence-corrected chi connectivity index (χ4v) is 3.85. The number of rotatable bonds is 3. The van der Waals surface area contributed by atoms with Crippen molar-refractivity contribution >= 4 is 0 Å². The van der Waals surface area contributed by atoms with Crippen LogP contribution in [0.4, 0.5) is 0 Å². The predicted molar refractivity (Wildman–Crippen MR) is 89.8 cm³/mol. The summed E-state index contributed by atoms with van der Waals surface area (Å²) in [5.74, 6) is 2.04. The van der Waals surface area contributed by atoms with Gasteiger partial charge in [-0.05, 0) is 23.3 Å². The second kappa shape index (κ2) is 5.74. The van der Waals surface area contributed by atoms with Crippen molar-refractivity contribution in [3.05, 3.63) is 78.1 Å². The number of hydrogen-bond donors (Lipinski definition) is 1. The van der Waals surface area contributed by atoms with Gasteiger partial charge >= 0.3 is 0 Å². The summed E-state index contributed by atoms with van der Waals surface area (Å²) in [5.41, 5.74) is 2.47. The van der Waals surface area contributed by atoms with Crippen molar-refractivity contribution in [1.82, 2.24) is 4.90 Å². The largest absolute Gasteiger partial charge is 0.508 e. The van der Waals surface area contributed by atoms with E-state index in [0.29, 0.717) is 17.6 Å². The second-order valence-corrected chi connectivity index (χ2v) is 6.55. The monoisotopic (exact) mass is 307 g/mol. The fourth-order valence-electron chi connectivity index (χ4n) is 3.85. The molecule has 0 unspecified atom stereocenters. The summed E-state index contributed by atoms with van der Waals surface area (Å²) in [6.07, 6.45) is 0.0499. The van der Waals surface area contributed by atoms with Crippen LogP contribution in [-0.4, -0.2) is 23.1 Å². The van der Waals surface area contributed by atoms with Gasteiger partial charge in [-0.1, -0.05) is 49.0 Å². The summed E-state index contributed by atoms with van der Waals surface area (Å²) >= 11 is 0. The van der Waals surface area contributed by atoms with Crippen LogP contribution in [0.25, 0.3) is 0 Å². The molecule has 0 radical (unpaired) electrons. The van der Waals surface area contributed by atoms with Crippen LogP contribution < -0.4 is 0 Å². The smallest absolute Gasteiger partial charge is 0.128 e. The third-order valence-corrected chi connectivity index (χ3v) is 4.99. The van der Waals surface area contributed by atoms with Crippen molar-refractivity contribution < 1.29 is 9.84 Å². The number of phenolic OH excluding ortho intramolecular Hbond substituents is 1. The molecule has 3 nitrogen and oxygen atoms in total. The number of hydrogen-bond acceptors (Lipinski definition) is 3. The number of nitrogens with zero attached hydrogens (tertiary/aromatic N) is 1. The van der Waals surface area contributed by atoms with Crippen molar-refractivity contribution in [2.75, 3.05) is 13.1 Å². The third-order valence-electron chi connectivity index (χ3n) is 4.99. The molecule has 0 aromatic heterocycles. The standard InChI is InChI=1S/C20H21NO2/c1-14-18-12-21(11-15-5-3-2-4-6-15)13-19(18)20(23-14)16-7-9-17(22)10-8-16/h2-10,18-20,22H,1,11-13H2/t18-,19-,20+/m0/s1. The van der Waals surface area contributed by atoms with Gasteiger partial charge in [0.2, 0.25) is 0 Å². The molecule has 0 saturated carbocycles. The Morgan fingerprint density at radius 2 is 1.78 bits per heavy atom. The third kappa shape index (κ3) is 2.73. The normalized spacial score (nSPS) is 27.0. The molecule has 1 N–H and O–H groups in total. The number of likely N-dealkylation sites (tertiary alicyclic amines) is 1. The molecule has 2 saturated heterocycles. The molecule has 0 bridgehead atoms. The number of ether oxygens (including phenoxy) is 1. The van der Waals surface area contributed by atoms with Crippen molar-refractivity contribution in [2.45, 2.75) is 12.6 Å². The summed E-state index contributed by atoms with van der Waals surface area (Å²) < 4.78 is 6.05. The lowest BCUT2D eigenvalue weighted by Gasteiger charge is -2.21. The second-order valence-electron chi connectivity index (χ2n) is 6.55. The van der Waals surface area contributed by atoms with Gasteiger partial charge in [0, 0.05) is 31.5 Å². The Kier molecular flexibility index (Phi) is 3.58. The van der Waals surface area contributed by atoms with Gasteiger partial charge < -0.3 is 9.84 Å². The van der Waals surface area contributed by atoms with Crippen LogP contribution in [0, 0.1) is 11.8 Å². The Balaban J connectivity index is 1.51. The molecule has 3 atom stereocenters. The van der Waals surface area contributed by atoms with Crippen molar-refractivity contribution in [3.63, 3.8) is 0 Å². The van der Waals surface area contributed by atoms with Gasteiger partial charge in [-0.3, -0.25) is 4.90 Å². The van der Waals surface area contributed by atoms with E-state index in [0.717, 1.165) is 31.0 Å². The molecular formula is C20H21NO2. The maximum atomic E-state index is 9.48. The van der Waals surface area contributed by atoms with Gasteiger partial charge in [-0.15, -0.1) is 0 Å². The zero-order valence-corrected chi connectivity index (χ0v) is 13.1. The Labute approximate surface area is 136 Å². The highest BCUT2D eigenvalue weighted by molar-refractivity contribution is 5.30. The van der Waals surface area contributed by atoms with Crippen LogP contribution in [0.3, 0.4) is 0 Å². The van der Waals surface area contributed by atoms with Crippen molar-refractivity contribution in [3.8, 4) is 5.75 Å². The van der Waals surface area contributed by atoms with Crippen LogP contribution in [0.5, 0.6) is 5.75 Å². The van der Waals surface area contributed by atoms with Gasteiger partial charge in [0.05, 0.1) is 5.76 Å². The van der Waals surface area contributed by atoms with E-state index < -0.39 is 0 Å². The molecule has 0 amide bonds. The van der Waals surface area contributed by atoms with Crippen molar-refractivity contribution in [2.24, 2.45) is 11.8 Å². The molecule has 2 aromatic rings. The summed E-state index contributed by atoms with van der Waals surface area (Å²) in [5, 5.41) is 9.48. The maximum Gasteiger partial charge on any atom is 0.128 e. The molecule has 23 heavy (non-hydrogen) atoms. The first-order valence-electron chi connectivity index (χ1n) is 8.11. The van der Waals surface area contributed by atoms with Gasteiger partial charge in [0.25, 0.3) is 0 Å². The van der Waals surface area contributed by atoms with E-state index in [1.807, 2.05) is 12.1 Å². The highest BCUT2D eigenvalue weighted by Gasteiger charge is 2.47. The number of aromatic hydroxyl groups is 1. The molecule has 2 aliphatic heterocycles. The Bertz CT molecular complexity index is 695. The SMILES string of the molecule is C=C1O[C@H](c2ccc(O)cc2)[C@H]2CN(Cc3ccccc3)C[C@@H]12. The average molecular weight is 307 g/mol. The molecule has 118 valence electrons. The van der Waals surface area contributed by atoms with E-state index in [1.165, 1.54) is 5.56 Å². The average Bonchev–Trinajstić information content (AvgIpc) is 3.10. The van der Waals surface area contributed by atoms with Crippen LogP contribution in [0.15, 0.2) is 66.9 Å². The van der Waals surface area contributed by atoms with Crippen LogP contribution in [0.1, 0.15) is 17.2 Å². The first-order valence-corrected chi connectivity index (χ1v) is 8.11. The lowest BCUT2D eigenvalue weighted by Crippen LogP contribution is -2.22. The van der Waals surface area contributed by atoms with E-state index in [2.05, 4.69) is 41.8 Å². The van der Waals surface area contributed by atoms with Crippen molar-refractivity contribution in [1.29, 1.82) is 0 Å². The van der Waals surface area contributed by atoms with Crippen LogP contribution in [0.2, 0.25) is 0 Å². The van der Waals surface area contributed by atoms with Gasteiger partial charge in [-0.2, -0.15) is 0 Å². The van der Waals surface area contributed by atoms with E-state index in [-0.39, 0.29) is 6.10 Å². The lowest BCUT2D eigenvalue weighted by molar-refractivity contribution is 0.117. The summed E-state index contributed by atoms with van der Waals surface area (Å²) in [7, 11) is 0. The summed E-state index contributed by atoms with van der Waals surface area (Å²) in [4.78, 5) is 2.49. The minimum Gasteiger partial charge on any atom is -0.508 e. The highest BCUT2D eigenvalue weighted by Crippen LogP contribution is 2.48. The maximum absolute atomic E-state index is 9.48. The first-order chi connectivity index (χ1) is 11.2. The molecule has 3 heteroatoms. The van der Waals surface area contributed by atoms with Gasteiger partial charge in [-0.25, -0.2) is 0 Å². The Morgan fingerprint density at radius 3 is 2.52 bits per heavy atom. The zero-order chi connectivity index (χ0) is 15.8. The van der Waals surface area contributed by atoms with E-state index in [1.54, 1.807) is 12.1 Å². The topological polar surface area (TPSA) is 32.7 Å². The van der Waals surface area contributed by atoms with Crippen LogP contribution >= 0.6 is 0 Å². The molecule has 2 aromatic carbocycles. The Hall–Kier alpha value is -2.26. The molecule has 0 spiro atoms. The number of benzene rings is 2. The van der Waals surface area contributed by atoms with Crippen LogP contribution in [-0.2, 0) is 11.3 Å². The Morgan fingerprint density at radius 1 is 1.04 bits per heavy atom. The zero-order valence-electron chi connectivity index (χ0n) is 13.1. The summed E-state index contributed by atoms with van der Waals surface area (Å²) in [6, 6.07) is 18.0. The molecule has 2 fully saturated rings. The quantitative estimate of drug-likeness (QED) is 0.938. The van der Waals surface area contributed by atoms with E-state index >= 15 is 0 Å². The summed E-state index contributed by atoms with van der Waals surface area (Å²) in [6.45, 7) is 7.13. The molecule has 0 aliphatic carbocycles. The number of fused-ring (bicyclic) bond motifs is 1. The lowest BCUT2D eigenvalue weighted by atomic mass is 9.89. The molecular weight excluding hydrogens is 286 g/mol. The molecule has 4 rings (SSSR count). The van der Waals surface area contributed by atoms with Gasteiger partial charge in [0.15, 0.2) is 0 Å². The minimum atomic E-state index is 0.0499. The number of phenols is 1. The predicted octanol–water partition coefficient (Wildman–Crippen LogP) is 3.73. The fraction of sp³-hybridized carbons (Fsp3) is 0.300. The van der Waals surface area contributed by atoms with Gasteiger partial charge in [0.1, 0.15) is 11.9 Å². The molecule has 2 heterocycles. The highest BCUT2D eigenvalue weighted by atomic mass is 16.5. The minimum absolute atomic E-state index is 0.0499.